The van der Waals surface area contributed by atoms with Crippen LogP contribution >= 0.6 is 24.0 Å². The summed E-state index contributed by atoms with van der Waals surface area (Å²) in [4.78, 5) is 3.98. The Balaban J connectivity index is 0.00000361. The molecule has 0 unspecified atom stereocenters. The first kappa shape index (κ1) is 19.0. The lowest BCUT2D eigenvalue weighted by Gasteiger charge is -2.06. The van der Waals surface area contributed by atoms with Gasteiger partial charge in [0, 0.05) is 18.7 Å². The third-order valence-electron chi connectivity index (χ3n) is 2.47. The van der Waals surface area contributed by atoms with Gasteiger partial charge in [-0.3, -0.25) is 4.99 Å². The van der Waals surface area contributed by atoms with E-state index in [1.807, 2.05) is 31.2 Å². The molecule has 0 fully saturated rings. The number of guanidine groups is 1. The third-order valence-corrected chi connectivity index (χ3v) is 2.47. The average molecular weight is 401 g/mol. The zero-order valence-corrected chi connectivity index (χ0v) is 13.5. The minimum Gasteiger partial charge on any atom is -0.370 e. The van der Waals surface area contributed by atoms with E-state index in [9.17, 15) is 13.2 Å². The minimum atomic E-state index is -4.09. The predicted molar refractivity (Wildman–Crippen MR) is 86.6 cm³/mol. The lowest BCUT2D eigenvalue weighted by Crippen LogP contribution is -2.22. The second-order valence-electron chi connectivity index (χ2n) is 4.33. The van der Waals surface area contributed by atoms with Gasteiger partial charge >= 0.3 is 6.18 Å². The molecule has 0 amide bonds. The van der Waals surface area contributed by atoms with E-state index in [1.165, 1.54) is 0 Å². The summed E-state index contributed by atoms with van der Waals surface area (Å²) in [6, 6.07) is 7.58. The van der Waals surface area contributed by atoms with Crippen LogP contribution < -0.4 is 11.1 Å². The van der Waals surface area contributed by atoms with Gasteiger partial charge in [0.15, 0.2) is 5.96 Å². The Morgan fingerprint density at radius 3 is 2.35 bits per heavy atom. The summed E-state index contributed by atoms with van der Waals surface area (Å²) in [7, 11) is 0. The lowest BCUT2D eigenvalue weighted by atomic mass is 10.2. The molecule has 3 N–H and O–H groups in total. The fraction of sp³-hybridized carbons (Fsp3) is 0.462. The minimum absolute atomic E-state index is 0. The molecule has 0 aliphatic carbocycles. The number of benzene rings is 1. The largest absolute Gasteiger partial charge is 0.389 e. The van der Waals surface area contributed by atoms with E-state index in [4.69, 9.17) is 5.73 Å². The van der Waals surface area contributed by atoms with Crippen LogP contribution in [-0.4, -0.2) is 18.7 Å². The topological polar surface area (TPSA) is 50.4 Å². The predicted octanol–water partition coefficient (Wildman–Crippen LogP) is 4.07. The Labute approximate surface area is 133 Å². The maximum absolute atomic E-state index is 11.9. The number of nitrogens with two attached hydrogens (primary N) is 1. The first-order chi connectivity index (χ1) is 8.87. The van der Waals surface area contributed by atoms with Crippen molar-refractivity contribution in [2.75, 3.05) is 11.9 Å². The average Bonchev–Trinajstić information content (AvgIpc) is 2.30. The number of unbranched alkanes of at least 4 members (excludes halogenated alkanes) is 1. The highest BCUT2D eigenvalue weighted by Crippen LogP contribution is 2.21. The van der Waals surface area contributed by atoms with Crippen LogP contribution in [0.3, 0.4) is 0 Å². The number of nitrogens with one attached hydrogen (secondary N) is 1. The van der Waals surface area contributed by atoms with Crippen LogP contribution in [0.1, 0.15) is 24.8 Å². The molecule has 20 heavy (non-hydrogen) atoms. The third kappa shape index (κ3) is 9.00. The fourth-order valence-electron chi connectivity index (χ4n) is 1.46. The highest BCUT2D eigenvalue weighted by atomic mass is 127. The highest BCUT2D eigenvalue weighted by Gasteiger charge is 2.25. The lowest BCUT2D eigenvalue weighted by molar-refractivity contribution is -0.135. The summed E-state index contributed by atoms with van der Waals surface area (Å²) >= 11 is 0. The van der Waals surface area contributed by atoms with Crippen molar-refractivity contribution in [1.29, 1.82) is 0 Å². The number of nitrogens with zero attached hydrogens (tertiary/aromatic N) is 1. The number of rotatable bonds is 5. The molecule has 0 bridgehead atoms. The SMILES string of the molecule is Cc1ccc(NC(N)=NCCCCC(F)(F)F)cc1.I. The molecule has 3 nitrogen and oxygen atoms in total. The van der Waals surface area contributed by atoms with Crippen LogP contribution in [0.25, 0.3) is 0 Å². The van der Waals surface area contributed by atoms with Crippen LogP contribution in [0.4, 0.5) is 18.9 Å². The molecular formula is C13H19F3IN3. The Hall–Kier alpha value is -0.990. The van der Waals surface area contributed by atoms with Crippen molar-refractivity contribution in [3.8, 4) is 0 Å². The molecule has 0 aliphatic rings. The quantitative estimate of drug-likeness (QED) is 0.338. The Bertz CT molecular complexity index is 416. The molecule has 1 aromatic rings. The summed E-state index contributed by atoms with van der Waals surface area (Å²) in [5.74, 6) is 0.218. The number of alkyl halides is 3. The van der Waals surface area contributed by atoms with Gasteiger partial charge < -0.3 is 11.1 Å². The van der Waals surface area contributed by atoms with Gasteiger partial charge in [0.25, 0.3) is 0 Å². The van der Waals surface area contributed by atoms with Crippen LogP contribution in [0.15, 0.2) is 29.3 Å². The highest BCUT2D eigenvalue weighted by molar-refractivity contribution is 14.0. The van der Waals surface area contributed by atoms with Crippen molar-refractivity contribution in [1.82, 2.24) is 0 Å². The van der Waals surface area contributed by atoms with E-state index in [1.54, 1.807) is 0 Å². The van der Waals surface area contributed by atoms with Crippen molar-refractivity contribution in [3.63, 3.8) is 0 Å². The second kappa shape index (κ2) is 9.04. The van der Waals surface area contributed by atoms with Crippen LogP contribution in [0, 0.1) is 6.92 Å². The molecule has 0 aliphatic heterocycles. The molecule has 0 heterocycles. The Morgan fingerprint density at radius 1 is 1.20 bits per heavy atom. The monoisotopic (exact) mass is 401 g/mol. The molecule has 0 saturated carbocycles. The maximum Gasteiger partial charge on any atom is 0.389 e. The van der Waals surface area contributed by atoms with Crippen LogP contribution in [0.5, 0.6) is 0 Å². The zero-order valence-electron chi connectivity index (χ0n) is 11.2. The Morgan fingerprint density at radius 2 is 1.80 bits per heavy atom. The van der Waals surface area contributed by atoms with Gasteiger partial charge in [-0.1, -0.05) is 17.7 Å². The number of aryl methyl sites for hydroxylation is 1. The molecule has 0 atom stereocenters. The van der Waals surface area contributed by atoms with Crippen molar-refractivity contribution in [3.05, 3.63) is 29.8 Å². The van der Waals surface area contributed by atoms with Crippen molar-refractivity contribution in [2.24, 2.45) is 10.7 Å². The van der Waals surface area contributed by atoms with E-state index in [0.717, 1.165) is 11.3 Å². The molecule has 0 aromatic heterocycles. The number of anilines is 1. The maximum atomic E-state index is 11.9. The number of hydrogen-bond acceptors (Lipinski definition) is 1. The normalized spacial score (nSPS) is 11.9. The van der Waals surface area contributed by atoms with E-state index in [2.05, 4.69) is 10.3 Å². The first-order valence-electron chi connectivity index (χ1n) is 6.07. The van der Waals surface area contributed by atoms with Gasteiger partial charge in [0.05, 0.1) is 0 Å². The van der Waals surface area contributed by atoms with E-state index in [-0.39, 0.29) is 36.4 Å². The molecule has 1 rings (SSSR count). The van der Waals surface area contributed by atoms with Gasteiger partial charge in [0.2, 0.25) is 0 Å². The second-order valence-corrected chi connectivity index (χ2v) is 4.33. The van der Waals surface area contributed by atoms with Gasteiger partial charge in [-0.25, -0.2) is 0 Å². The number of aliphatic imine (C=N–C) groups is 1. The molecule has 114 valence electrons. The fourth-order valence-corrected chi connectivity index (χ4v) is 1.46. The van der Waals surface area contributed by atoms with Gasteiger partial charge in [-0.15, -0.1) is 24.0 Å². The molecule has 1 aromatic carbocycles. The van der Waals surface area contributed by atoms with Gasteiger partial charge in [-0.2, -0.15) is 13.2 Å². The van der Waals surface area contributed by atoms with Crippen LogP contribution in [-0.2, 0) is 0 Å². The molecule has 0 radical (unpaired) electrons. The zero-order chi connectivity index (χ0) is 14.3. The van der Waals surface area contributed by atoms with Crippen LogP contribution in [0.2, 0.25) is 0 Å². The summed E-state index contributed by atoms with van der Waals surface area (Å²) in [6.45, 7) is 2.27. The van der Waals surface area contributed by atoms with Gasteiger partial charge in [0.1, 0.15) is 0 Å². The molecule has 7 heteroatoms. The summed E-state index contributed by atoms with van der Waals surface area (Å²) in [6.07, 6.45) is -4.41. The standard InChI is InChI=1S/C13H18F3N3.HI/c1-10-4-6-11(7-5-10)19-12(17)18-9-3-2-8-13(14,15)16;/h4-7H,2-3,8-9H2,1H3,(H3,17,18,19);1H. The van der Waals surface area contributed by atoms with E-state index in [0.29, 0.717) is 13.0 Å². The van der Waals surface area contributed by atoms with E-state index < -0.39 is 12.6 Å². The summed E-state index contributed by atoms with van der Waals surface area (Å²) in [5, 5.41) is 2.88. The number of hydrogen-bond donors (Lipinski definition) is 2. The molecular weight excluding hydrogens is 382 g/mol. The van der Waals surface area contributed by atoms with Crippen molar-refractivity contribution in [2.45, 2.75) is 32.4 Å². The summed E-state index contributed by atoms with van der Waals surface area (Å²) < 4.78 is 35.7. The number of halogens is 4. The molecule has 0 saturated heterocycles. The smallest absolute Gasteiger partial charge is 0.370 e. The molecule has 0 spiro atoms. The van der Waals surface area contributed by atoms with Crippen molar-refractivity contribution < 1.29 is 13.2 Å². The first-order valence-corrected chi connectivity index (χ1v) is 6.07. The Kier molecular flexibility index (Phi) is 8.59. The van der Waals surface area contributed by atoms with E-state index >= 15 is 0 Å². The van der Waals surface area contributed by atoms with Gasteiger partial charge in [-0.05, 0) is 31.9 Å². The van der Waals surface area contributed by atoms with Crippen molar-refractivity contribution >= 4 is 35.6 Å². The summed E-state index contributed by atoms with van der Waals surface area (Å²) in [5.41, 5.74) is 7.57.